The molecule has 0 amide bonds. The number of thioether (sulfide) groups is 1. The van der Waals surface area contributed by atoms with E-state index in [0.717, 1.165) is 11.6 Å². The first-order valence-corrected chi connectivity index (χ1v) is 4.89. The van der Waals surface area contributed by atoms with Gasteiger partial charge in [-0.1, -0.05) is 6.07 Å². The molecular formula is C9H9F3S. The maximum absolute atomic E-state index is 12.2. The minimum atomic E-state index is -4.24. The summed E-state index contributed by atoms with van der Waals surface area (Å²) < 4.78 is 36.7. The summed E-state index contributed by atoms with van der Waals surface area (Å²) in [6.45, 7) is 1.80. The quantitative estimate of drug-likeness (QED) is 0.631. The molecule has 0 aliphatic rings. The fourth-order valence-electron chi connectivity index (χ4n) is 0.996. The molecule has 0 nitrogen and oxygen atoms in total. The largest absolute Gasteiger partial charge is 0.416 e. The van der Waals surface area contributed by atoms with Crippen molar-refractivity contribution in [2.75, 3.05) is 6.26 Å². The predicted molar refractivity (Wildman–Crippen MR) is 48.0 cm³/mol. The zero-order chi connectivity index (χ0) is 10.1. The smallest absolute Gasteiger partial charge is 0.166 e. The molecule has 0 radical (unpaired) electrons. The summed E-state index contributed by atoms with van der Waals surface area (Å²) >= 11 is 1.33. The van der Waals surface area contributed by atoms with Crippen LogP contribution < -0.4 is 0 Å². The first-order valence-electron chi connectivity index (χ1n) is 3.67. The third-order valence-corrected chi connectivity index (χ3v) is 2.62. The number of hydrogen-bond acceptors (Lipinski definition) is 1. The molecule has 0 aromatic heterocycles. The number of hydrogen-bond donors (Lipinski definition) is 0. The predicted octanol–water partition coefficient (Wildman–Crippen LogP) is 3.74. The van der Waals surface area contributed by atoms with Gasteiger partial charge in [-0.15, -0.1) is 11.8 Å². The summed E-state index contributed by atoms with van der Waals surface area (Å²) in [6, 6.07) is 3.78. The molecule has 0 unspecified atom stereocenters. The van der Waals surface area contributed by atoms with Crippen LogP contribution in [0.3, 0.4) is 0 Å². The highest BCUT2D eigenvalue weighted by molar-refractivity contribution is 7.98. The summed E-state index contributed by atoms with van der Waals surface area (Å²) in [7, 11) is 0. The summed E-state index contributed by atoms with van der Waals surface area (Å²) in [5.41, 5.74) is 0.294. The lowest BCUT2D eigenvalue weighted by Gasteiger charge is -2.09. The van der Waals surface area contributed by atoms with Gasteiger partial charge in [0.2, 0.25) is 0 Å². The molecule has 0 heterocycles. The topological polar surface area (TPSA) is 0 Å². The van der Waals surface area contributed by atoms with Crippen LogP contribution in [0.15, 0.2) is 23.1 Å². The molecule has 0 fully saturated rings. The van der Waals surface area contributed by atoms with Gasteiger partial charge in [0.05, 0.1) is 5.56 Å². The van der Waals surface area contributed by atoms with E-state index in [1.165, 1.54) is 23.9 Å². The lowest BCUT2D eigenvalue weighted by atomic mass is 10.1. The first kappa shape index (κ1) is 10.4. The molecule has 72 valence electrons. The molecule has 0 saturated heterocycles. The zero-order valence-corrected chi connectivity index (χ0v) is 8.09. The standard InChI is InChI=1S/C9H9F3S/c1-6-3-4-7(9(10,11)12)5-8(6)13-2/h3-5H,1-2H3. The molecule has 1 rings (SSSR count). The fourth-order valence-corrected chi connectivity index (χ4v) is 1.63. The Morgan fingerprint density at radius 1 is 1.23 bits per heavy atom. The van der Waals surface area contributed by atoms with Gasteiger partial charge in [0.1, 0.15) is 0 Å². The summed E-state index contributed by atoms with van der Waals surface area (Å²) in [5.74, 6) is 0. The van der Waals surface area contributed by atoms with E-state index in [9.17, 15) is 13.2 Å². The lowest BCUT2D eigenvalue weighted by molar-refractivity contribution is -0.137. The number of rotatable bonds is 1. The van der Waals surface area contributed by atoms with Gasteiger partial charge in [0, 0.05) is 4.90 Å². The Morgan fingerprint density at radius 2 is 1.85 bits per heavy atom. The molecule has 4 heteroatoms. The highest BCUT2D eigenvalue weighted by Crippen LogP contribution is 2.32. The Labute approximate surface area is 79.1 Å². The minimum Gasteiger partial charge on any atom is -0.166 e. The SMILES string of the molecule is CSc1cc(C(F)(F)F)ccc1C. The molecular weight excluding hydrogens is 197 g/mol. The molecule has 1 aromatic rings. The van der Waals surface area contributed by atoms with Gasteiger partial charge in [0.15, 0.2) is 0 Å². The molecule has 0 aliphatic heterocycles. The molecule has 13 heavy (non-hydrogen) atoms. The molecule has 0 spiro atoms. The molecule has 0 N–H and O–H groups in total. The summed E-state index contributed by atoms with van der Waals surface area (Å²) in [5, 5.41) is 0. The maximum Gasteiger partial charge on any atom is 0.416 e. The normalized spacial score (nSPS) is 11.8. The van der Waals surface area contributed by atoms with Gasteiger partial charge in [-0.25, -0.2) is 0 Å². The van der Waals surface area contributed by atoms with Crippen molar-refractivity contribution in [3.63, 3.8) is 0 Å². The summed E-state index contributed by atoms with van der Waals surface area (Å²) in [4.78, 5) is 0.676. The van der Waals surface area contributed by atoms with Crippen molar-refractivity contribution in [3.05, 3.63) is 29.3 Å². The zero-order valence-electron chi connectivity index (χ0n) is 7.27. The van der Waals surface area contributed by atoms with Gasteiger partial charge in [-0.05, 0) is 30.9 Å². The van der Waals surface area contributed by atoms with Crippen molar-refractivity contribution < 1.29 is 13.2 Å². The molecule has 0 aliphatic carbocycles. The van der Waals surface area contributed by atoms with Crippen LogP contribution in [-0.2, 0) is 6.18 Å². The highest BCUT2D eigenvalue weighted by Gasteiger charge is 2.30. The van der Waals surface area contributed by atoms with Crippen molar-refractivity contribution in [1.82, 2.24) is 0 Å². The van der Waals surface area contributed by atoms with Crippen LogP contribution in [0.5, 0.6) is 0 Å². The number of benzene rings is 1. The average Bonchev–Trinajstić information content (AvgIpc) is 2.03. The lowest BCUT2D eigenvalue weighted by Crippen LogP contribution is -2.04. The Balaban J connectivity index is 3.14. The Hall–Kier alpha value is -0.640. The van der Waals surface area contributed by atoms with Crippen LogP contribution in [0.4, 0.5) is 13.2 Å². The number of aryl methyl sites for hydroxylation is 1. The van der Waals surface area contributed by atoms with E-state index in [1.54, 1.807) is 13.2 Å². The second-order valence-electron chi connectivity index (χ2n) is 2.68. The van der Waals surface area contributed by atoms with Gasteiger partial charge >= 0.3 is 6.18 Å². The van der Waals surface area contributed by atoms with E-state index in [4.69, 9.17) is 0 Å². The van der Waals surface area contributed by atoms with Crippen molar-refractivity contribution in [2.45, 2.75) is 18.0 Å². The van der Waals surface area contributed by atoms with Crippen LogP contribution in [0, 0.1) is 6.92 Å². The van der Waals surface area contributed by atoms with Crippen LogP contribution >= 0.6 is 11.8 Å². The third kappa shape index (κ3) is 2.40. The van der Waals surface area contributed by atoms with E-state index in [2.05, 4.69) is 0 Å². The second kappa shape index (κ2) is 3.62. The number of halogens is 3. The van der Waals surface area contributed by atoms with E-state index in [0.29, 0.717) is 4.90 Å². The van der Waals surface area contributed by atoms with Crippen molar-refractivity contribution in [2.24, 2.45) is 0 Å². The minimum absolute atomic E-state index is 0.581. The van der Waals surface area contributed by atoms with Crippen molar-refractivity contribution >= 4 is 11.8 Å². The first-order chi connectivity index (χ1) is 5.95. The van der Waals surface area contributed by atoms with Gasteiger partial charge in [0.25, 0.3) is 0 Å². The van der Waals surface area contributed by atoms with Crippen LogP contribution in [0.1, 0.15) is 11.1 Å². The van der Waals surface area contributed by atoms with Gasteiger partial charge in [-0.3, -0.25) is 0 Å². The number of alkyl halides is 3. The molecule has 0 bridgehead atoms. The van der Waals surface area contributed by atoms with E-state index in [1.807, 2.05) is 0 Å². The second-order valence-corrected chi connectivity index (χ2v) is 3.53. The Kier molecular flexibility index (Phi) is 2.91. The van der Waals surface area contributed by atoms with Crippen LogP contribution in [0.2, 0.25) is 0 Å². The summed E-state index contributed by atoms with van der Waals surface area (Å²) in [6.07, 6.45) is -2.47. The van der Waals surface area contributed by atoms with Crippen LogP contribution in [0.25, 0.3) is 0 Å². The maximum atomic E-state index is 12.2. The van der Waals surface area contributed by atoms with Crippen molar-refractivity contribution in [3.8, 4) is 0 Å². The Morgan fingerprint density at radius 3 is 2.31 bits per heavy atom. The van der Waals surface area contributed by atoms with E-state index < -0.39 is 11.7 Å². The van der Waals surface area contributed by atoms with E-state index in [-0.39, 0.29) is 0 Å². The van der Waals surface area contributed by atoms with Gasteiger partial charge in [-0.2, -0.15) is 13.2 Å². The molecule has 0 saturated carbocycles. The van der Waals surface area contributed by atoms with E-state index >= 15 is 0 Å². The Bertz CT molecular complexity index is 304. The molecule has 0 atom stereocenters. The highest BCUT2D eigenvalue weighted by atomic mass is 32.2. The third-order valence-electron chi connectivity index (χ3n) is 1.74. The fraction of sp³-hybridized carbons (Fsp3) is 0.333. The van der Waals surface area contributed by atoms with Crippen molar-refractivity contribution in [1.29, 1.82) is 0 Å². The molecule has 1 aromatic carbocycles. The average molecular weight is 206 g/mol. The van der Waals surface area contributed by atoms with Crippen LogP contribution in [-0.4, -0.2) is 6.26 Å². The van der Waals surface area contributed by atoms with Gasteiger partial charge < -0.3 is 0 Å². The monoisotopic (exact) mass is 206 g/mol.